The van der Waals surface area contributed by atoms with Crippen molar-refractivity contribution >= 4 is 58.2 Å². The highest BCUT2D eigenvalue weighted by atomic mass is 127. The maximum Gasteiger partial charge on any atom is 0.195 e. The molecular formula is C22H31IN4S. The molecule has 0 bridgehead atoms. The standard InChI is InChI=1S/C22H31IN4S/c1-15(2)27-20-10-9-18(13-19(20)17(4)14-22(27,5)6)8-7-16(3)11-12-24-26-21(28)25-23/h7-13,15,17H,14H2,1-6H3,(H2,25,26,28)/b8-7+,16-11-,24-12+. The molecule has 2 N–H and O–H groups in total. The minimum absolute atomic E-state index is 0.180. The van der Waals surface area contributed by atoms with Crippen LogP contribution in [-0.4, -0.2) is 22.9 Å². The number of halogens is 1. The summed E-state index contributed by atoms with van der Waals surface area (Å²) < 4.78 is 2.78. The predicted molar refractivity (Wildman–Crippen MR) is 135 cm³/mol. The van der Waals surface area contributed by atoms with Crippen LogP contribution in [0.2, 0.25) is 0 Å². The van der Waals surface area contributed by atoms with Crippen LogP contribution in [0.4, 0.5) is 5.69 Å². The third-order valence-corrected chi connectivity index (χ3v) is 6.12. The lowest BCUT2D eigenvalue weighted by molar-refractivity contribution is 0.356. The normalized spacial score (nSPS) is 19.4. The maximum atomic E-state index is 4.96. The molecule has 0 saturated carbocycles. The van der Waals surface area contributed by atoms with Gasteiger partial charge in [-0.25, -0.2) is 0 Å². The van der Waals surface area contributed by atoms with E-state index in [0.717, 1.165) is 5.57 Å². The molecule has 1 aromatic carbocycles. The average molecular weight is 510 g/mol. The van der Waals surface area contributed by atoms with Gasteiger partial charge in [0, 0.05) is 23.5 Å². The molecule has 1 aliphatic heterocycles. The second kappa shape index (κ2) is 9.87. The van der Waals surface area contributed by atoms with Crippen molar-refractivity contribution in [3.8, 4) is 0 Å². The molecule has 6 heteroatoms. The topological polar surface area (TPSA) is 39.7 Å². The van der Waals surface area contributed by atoms with Gasteiger partial charge in [0.2, 0.25) is 0 Å². The number of rotatable bonds is 5. The lowest BCUT2D eigenvalue weighted by atomic mass is 9.79. The molecule has 1 unspecified atom stereocenters. The number of hydrogen-bond donors (Lipinski definition) is 2. The van der Waals surface area contributed by atoms with Crippen molar-refractivity contribution < 1.29 is 0 Å². The summed E-state index contributed by atoms with van der Waals surface area (Å²) in [6.07, 6.45) is 9.10. The molecule has 0 fully saturated rings. The first-order valence-corrected chi connectivity index (χ1v) is 11.1. The van der Waals surface area contributed by atoms with E-state index in [1.165, 1.54) is 23.2 Å². The quantitative estimate of drug-likeness (QED) is 0.128. The highest BCUT2D eigenvalue weighted by Gasteiger charge is 2.37. The second-order valence-corrected chi connectivity index (χ2v) is 9.20. The zero-order valence-corrected chi connectivity index (χ0v) is 20.6. The van der Waals surface area contributed by atoms with Gasteiger partial charge in [0.15, 0.2) is 5.11 Å². The zero-order chi connectivity index (χ0) is 20.9. The van der Waals surface area contributed by atoms with Gasteiger partial charge in [0.25, 0.3) is 0 Å². The zero-order valence-electron chi connectivity index (χ0n) is 17.6. The number of nitrogens with one attached hydrogen (secondary N) is 2. The fourth-order valence-corrected chi connectivity index (χ4v) is 4.28. The largest absolute Gasteiger partial charge is 0.364 e. The minimum atomic E-state index is 0.180. The van der Waals surface area contributed by atoms with E-state index < -0.39 is 0 Å². The van der Waals surface area contributed by atoms with E-state index in [4.69, 9.17) is 12.2 Å². The summed E-state index contributed by atoms with van der Waals surface area (Å²) in [6.45, 7) is 13.7. The molecule has 1 heterocycles. The van der Waals surface area contributed by atoms with Crippen LogP contribution < -0.4 is 13.9 Å². The van der Waals surface area contributed by atoms with Crippen LogP contribution in [0.1, 0.15) is 65.0 Å². The van der Waals surface area contributed by atoms with Crippen LogP contribution >= 0.6 is 35.1 Å². The first kappa shape index (κ1) is 22.9. The Labute approximate surface area is 189 Å². The van der Waals surface area contributed by atoms with E-state index in [2.05, 4.69) is 90.9 Å². The Kier molecular flexibility index (Phi) is 8.07. The molecule has 0 amide bonds. The fourth-order valence-electron chi connectivity index (χ4n) is 4.11. The van der Waals surface area contributed by atoms with Crippen molar-refractivity contribution in [1.82, 2.24) is 8.96 Å². The Morgan fingerprint density at radius 3 is 2.75 bits per heavy atom. The van der Waals surface area contributed by atoms with Crippen molar-refractivity contribution in [1.29, 1.82) is 0 Å². The lowest BCUT2D eigenvalue weighted by Gasteiger charge is -2.50. The van der Waals surface area contributed by atoms with Crippen LogP contribution in [0.15, 0.2) is 41.0 Å². The van der Waals surface area contributed by atoms with E-state index in [9.17, 15) is 0 Å². The van der Waals surface area contributed by atoms with Crippen LogP contribution in [0.5, 0.6) is 0 Å². The van der Waals surface area contributed by atoms with Gasteiger partial charge in [-0.2, -0.15) is 5.10 Å². The molecule has 0 saturated heterocycles. The molecular weight excluding hydrogens is 479 g/mol. The first-order chi connectivity index (χ1) is 13.2. The number of anilines is 1. The Morgan fingerprint density at radius 1 is 1.39 bits per heavy atom. The summed E-state index contributed by atoms with van der Waals surface area (Å²) in [5, 5.41) is 4.53. The van der Waals surface area contributed by atoms with Crippen molar-refractivity contribution in [2.24, 2.45) is 5.10 Å². The fraction of sp³-hybridized carbons (Fsp3) is 0.455. The van der Waals surface area contributed by atoms with Gasteiger partial charge < -0.3 is 8.43 Å². The molecule has 1 atom stereocenters. The summed E-state index contributed by atoms with van der Waals surface area (Å²) in [4.78, 5) is 2.57. The van der Waals surface area contributed by atoms with E-state index in [-0.39, 0.29) is 5.54 Å². The smallest absolute Gasteiger partial charge is 0.195 e. The SMILES string of the molecule is CC(=C/C=N/NC(=S)NI)/C=C/c1ccc2c(c1)C(C)CC(C)(C)N2C(C)C. The third-order valence-electron chi connectivity index (χ3n) is 5.02. The number of hydrogen-bond acceptors (Lipinski definition) is 3. The van der Waals surface area contributed by atoms with Gasteiger partial charge in [-0.05, 0) is 94.1 Å². The number of benzene rings is 1. The van der Waals surface area contributed by atoms with Gasteiger partial charge in [-0.15, -0.1) is 0 Å². The number of thiocarbonyl (C=S) groups is 1. The summed E-state index contributed by atoms with van der Waals surface area (Å²) in [5.74, 6) is 0.554. The van der Waals surface area contributed by atoms with E-state index >= 15 is 0 Å². The monoisotopic (exact) mass is 510 g/mol. The summed E-state index contributed by atoms with van der Waals surface area (Å²) >= 11 is 6.93. The van der Waals surface area contributed by atoms with Gasteiger partial charge in [0.05, 0.1) is 22.9 Å². The molecule has 0 aliphatic carbocycles. The highest BCUT2D eigenvalue weighted by molar-refractivity contribution is 14.1. The van der Waals surface area contributed by atoms with Crippen LogP contribution in [0.3, 0.4) is 0 Å². The van der Waals surface area contributed by atoms with Crippen molar-refractivity contribution in [3.05, 3.63) is 47.1 Å². The van der Waals surface area contributed by atoms with E-state index in [0.29, 0.717) is 17.1 Å². The molecule has 0 aromatic heterocycles. The van der Waals surface area contributed by atoms with Crippen LogP contribution in [-0.2, 0) is 0 Å². The maximum absolute atomic E-state index is 4.96. The number of hydrazone groups is 1. The van der Waals surface area contributed by atoms with Gasteiger partial charge >= 0.3 is 0 Å². The summed E-state index contributed by atoms with van der Waals surface area (Å²) in [6, 6.07) is 7.33. The first-order valence-electron chi connectivity index (χ1n) is 9.63. The average Bonchev–Trinajstić information content (AvgIpc) is 2.62. The Bertz CT molecular complexity index is 796. The number of allylic oxidation sites excluding steroid dienone is 3. The Hall–Kier alpha value is -1.41. The molecule has 1 aromatic rings. The summed E-state index contributed by atoms with van der Waals surface area (Å²) in [5.41, 5.74) is 8.08. The Morgan fingerprint density at radius 2 is 2.11 bits per heavy atom. The molecule has 28 heavy (non-hydrogen) atoms. The van der Waals surface area contributed by atoms with Gasteiger partial charge in [-0.3, -0.25) is 5.43 Å². The number of fused-ring (bicyclic) bond motifs is 1. The number of nitrogens with zero attached hydrogens (tertiary/aromatic N) is 2. The van der Waals surface area contributed by atoms with Crippen molar-refractivity contribution in [3.63, 3.8) is 0 Å². The molecule has 1 aliphatic rings. The molecule has 0 radical (unpaired) electrons. The van der Waals surface area contributed by atoms with Crippen LogP contribution in [0, 0.1) is 0 Å². The molecule has 4 nitrogen and oxygen atoms in total. The van der Waals surface area contributed by atoms with Gasteiger partial charge in [0.1, 0.15) is 0 Å². The third kappa shape index (κ3) is 5.80. The summed E-state index contributed by atoms with van der Waals surface area (Å²) in [7, 11) is 0. The molecule has 0 spiro atoms. The van der Waals surface area contributed by atoms with Crippen molar-refractivity contribution in [2.75, 3.05) is 4.90 Å². The molecule has 2 rings (SSSR count). The molecule has 152 valence electrons. The predicted octanol–water partition coefficient (Wildman–Crippen LogP) is 5.95. The van der Waals surface area contributed by atoms with Crippen LogP contribution in [0.25, 0.3) is 6.08 Å². The lowest BCUT2D eigenvalue weighted by Crippen LogP contribution is -2.51. The van der Waals surface area contributed by atoms with E-state index in [1.807, 2.05) is 28.9 Å². The highest BCUT2D eigenvalue weighted by Crippen LogP contribution is 2.44. The Balaban J connectivity index is 2.18. The second-order valence-electron chi connectivity index (χ2n) is 8.26. The van der Waals surface area contributed by atoms with Gasteiger partial charge in [-0.1, -0.05) is 25.1 Å². The van der Waals surface area contributed by atoms with Crippen molar-refractivity contribution in [2.45, 2.75) is 65.5 Å². The van der Waals surface area contributed by atoms with E-state index in [1.54, 1.807) is 6.21 Å². The minimum Gasteiger partial charge on any atom is -0.364 e.